The average molecular weight is 294 g/mol. The summed E-state index contributed by atoms with van der Waals surface area (Å²) in [5, 5.41) is 0. The van der Waals surface area contributed by atoms with Gasteiger partial charge in [-0.25, -0.2) is 0 Å². The van der Waals surface area contributed by atoms with Crippen molar-refractivity contribution < 1.29 is 4.79 Å². The molecule has 3 heteroatoms. The van der Waals surface area contributed by atoms with E-state index < -0.39 is 0 Å². The van der Waals surface area contributed by atoms with E-state index in [0.717, 1.165) is 24.3 Å². The van der Waals surface area contributed by atoms with Crippen molar-refractivity contribution in [1.29, 1.82) is 0 Å². The van der Waals surface area contributed by atoms with Crippen LogP contribution in [0.2, 0.25) is 0 Å². The molecule has 0 saturated heterocycles. The second-order valence-electron chi connectivity index (χ2n) is 6.00. The molecule has 0 radical (unpaired) electrons. The third-order valence-electron chi connectivity index (χ3n) is 4.55. The summed E-state index contributed by atoms with van der Waals surface area (Å²) in [5.74, 6) is 0.161. The molecule has 2 aromatic rings. The number of rotatable bonds is 3. The monoisotopic (exact) mass is 294 g/mol. The van der Waals surface area contributed by atoms with Crippen molar-refractivity contribution in [3.05, 3.63) is 59.2 Å². The first kappa shape index (κ1) is 14.6. The minimum Gasteiger partial charge on any atom is -0.365 e. The molecule has 0 unspecified atom stereocenters. The first-order chi connectivity index (χ1) is 10.6. The quantitative estimate of drug-likeness (QED) is 0.867. The smallest absolute Gasteiger partial charge is 0.246 e. The molecular weight excluding hydrogens is 272 g/mol. The Morgan fingerprint density at radius 3 is 2.73 bits per heavy atom. The van der Waals surface area contributed by atoms with Crippen LogP contribution in [-0.4, -0.2) is 26.0 Å². The maximum absolute atomic E-state index is 12.7. The van der Waals surface area contributed by atoms with Crippen molar-refractivity contribution in [2.45, 2.75) is 20.3 Å². The first-order valence-corrected chi connectivity index (χ1v) is 7.73. The van der Waals surface area contributed by atoms with Gasteiger partial charge < -0.3 is 9.80 Å². The summed E-state index contributed by atoms with van der Waals surface area (Å²) < 4.78 is 0. The maximum atomic E-state index is 12.7. The molecule has 0 aromatic heterocycles. The first-order valence-electron chi connectivity index (χ1n) is 7.73. The highest BCUT2D eigenvalue weighted by Crippen LogP contribution is 2.28. The highest BCUT2D eigenvalue weighted by atomic mass is 16.2. The number of likely N-dealkylation sites (N-methyl/N-ethyl adjacent to an activating group) is 1. The average Bonchev–Trinajstić information content (AvgIpc) is 2.94. The third-order valence-corrected chi connectivity index (χ3v) is 4.55. The summed E-state index contributed by atoms with van der Waals surface area (Å²) in [4.78, 5) is 16.6. The molecule has 3 nitrogen and oxygen atoms in total. The summed E-state index contributed by atoms with van der Waals surface area (Å²) in [6.45, 7) is 5.40. The zero-order chi connectivity index (χ0) is 15.7. The zero-order valence-electron chi connectivity index (χ0n) is 13.5. The highest BCUT2D eigenvalue weighted by molar-refractivity contribution is 5.98. The van der Waals surface area contributed by atoms with Crippen LogP contribution in [0.3, 0.4) is 0 Å². The van der Waals surface area contributed by atoms with Crippen LogP contribution in [0, 0.1) is 13.8 Å². The molecule has 0 spiro atoms. The van der Waals surface area contributed by atoms with Gasteiger partial charge in [-0.1, -0.05) is 30.3 Å². The molecule has 0 atom stereocenters. The molecule has 22 heavy (non-hydrogen) atoms. The van der Waals surface area contributed by atoms with Gasteiger partial charge in [-0.05, 0) is 49.1 Å². The Morgan fingerprint density at radius 1 is 1.14 bits per heavy atom. The molecule has 0 N–H and O–H groups in total. The van der Waals surface area contributed by atoms with Gasteiger partial charge in [-0.2, -0.15) is 0 Å². The molecule has 1 aliphatic heterocycles. The number of nitrogens with zero attached hydrogens (tertiary/aromatic N) is 2. The van der Waals surface area contributed by atoms with Gasteiger partial charge in [0.25, 0.3) is 0 Å². The Bertz CT molecular complexity index is 708. The number of hydrogen-bond acceptors (Lipinski definition) is 2. The van der Waals surface area contributed by atoms with Crippen LogP contribution in [-0.2, 0) is 11.2 Å². The standard InChI is InChI=1S/C19H22N2O/c1-14-7-6-10-17(15(14)2)20(3)13-19(22)21-12-11-16-8-4-5-9-18(16)21/h4-10H,11-13H2,1-3H3. The number of para-hydroxylation sites is 1. The van der Waals surface area contributed by atoms with E-state index in [9.17, 15) is 4.79 Å². The normalized spacial score (nSPS) is 13.1. The fourth-order valence-corrected chi connectivity index (χ4v) is 3.12. The minimum absolute atomic E-state index is 0.161. The lowest BCUT2D eigenvalue weighted by Gasteiger charge is -2.25. The van der Waals surface area contributed by atoms with E-state index in [0.29, 0.717) is 6.54 Å². The second kappa shape index (κ2) is 5.84. The van der Waals surface area contributed by atoms with Gasteiger partial charge >= 0.3 is 0 Å². The molecular formula is C19H22N2O. The molecule has 0 fully saturated rings. The van der Waals surface area contributed by atoms with Gasteiger partial charge in [0.2, 0.25) is 5.91 Å². The second-order valence-corrected chi connectivity index (χ2v) is 6.00. The Morgan fingerprint density at radius 2 is 1.91 bits per heavy atom. The van der Waals surface area contributed by atoms with Gasteiger partial charge in [0.15, 0.2) is 0 Å². The SMILES string of the molecule is Cc1cccc(N(C)CC(=O)N2CCc3ccccc32)c1C. The molecule has 3 rings (SSSR count). The third kappa shape index (κ3) is 2.59. The summed E-state index contributed by atoms with van der Waals surface area (Å²) in [6.07, 6.45) is 0.953. The van der Waals surface area contributed by atoms with Gasteiger partial charge in [0.05, 0.1) is 6.54 Å². The van der Waals surface area contributed by atoms with Crippen LogP contribution in [0.1, 0.15) is 16.7 Å². The van der Waals surface area contributed by atoms with E-state index >= 15 is 0 Å². The van der Waals surface area contributed by atoms with Crippen molar-refractivity contribution in [2.24, 2.45) is 0 Å². The van der Waals surface area contributed by atoms with Crippen LogP contribution >= 0.6 is 0 Å². The molecule has 1 amide bonds. The molecule has 0 aliphatic carbocycles. The predicted octanol–water partition coefficient (Wildman–Crippen LogP) is 3.33. The van der Waals surface area contributed by atoms with Crippen molar-refractivity contribution in [1.82, 2.24) is 0 Å². The Balaban J connectivity index is 1.76. The van der Waals surface area contributed by atoms with Gasteiger partial charge in [-0.15, -0.1) is 0 Å². The van der Waals surface area contributed by atoms with E-state index in [2.05, 4.69) is 32.0 Å². The van der Waals surface area contributed by atoms with E-state index in [1.54, 1.807) is 0 Å². The summed E-state index contributed by atoms with van der Waals surface area (Å²) in [6, 6.07) is 14.4. The Labute approximate surface area is 132 Å². The number of amides is 1. The van der Waals surface area contributed by atoms with E-state index in [1.165, 1.54) is 16.7 Å². The lowest BCUT2D eigenvalue weighted by molar-refractivity contribution is -0.117. The fraction of sp³-hybridized carbons (Fsp3) is 0.316. The summed E-state index contributed by atoms with van der Waals surface area (Å²) in [7, 11) is 1.99. The van der Waals surface area contributed by atoms with Gasteiger partial charge in [0, 0.05) is 25.0 Å². The van der Waals surface area contributed by atoms with E-state index in [1.807, 2.05) is 41.1 Å². The van der Waals surface area contributed by atoms with Crippen LogP contribution in [0.5, 0.6) is 0 Å². The van der Waals surface area contributed by atoms with Crippen molar-refractivity contribution in [2.75, 3.05) is 29.9 Å². The van der Waals surface area contributed by atoms with Crippen LogP contribution in [0.25, 0.3) is 0 Å². The number of benzene rings is 2. The molecule has 0 saturated carbocycles. The predicted molar refractivity (Wildman–Crippen MR) is 91.7 cm³/mol. The maximum Gasteiger partial charge on any atom is 0.246 e. The minimum atomic E-state index is 0.161. The van der Waals surface area contributed by atoms with Crippen LogP contribution in [0.4, 0.5) is 11.4 Å². The Kier molecular flexibility index (Phi) is 3.88. The van der Waals surface area contributed by atoms with Crippen LogP contribution < -0.4 is 9.80 Å². The number of hydrogen-bond donors (Lipinski definition) is 0. The fourth-order valence-electron chi connectivity index (χ4n) is 3.12. The Hall–Kier alpha value is -2.29. The molecule has 1 heterocycles. The van der Waals surface area contributed by atoms with E-state index in [4.69, 9.17) is 0 Å². The van der Waals surface area contributed by atoms with Gasteiger partial charge in [-0.3, -0.25) is 4.79 Å². The number of anilines is 2. The lowest BCUT2D eigenvalue weighted by atomic mass is 10.1. The van der Waals surface area contributed by atoms with Crippen LogP contribution in [0.15, 0.2) is 42.5 Å². The van der Waals surface area contributed by atoms with Crippen molar-refractivity contribution in [3.63, 3.8) is 0 Å². The summed E-state index contributed by atoms with van der Waals surface area (Å²) >= 11 is 0. The molecule has 114 valence electrons. The van der Waals surface area contributed by atoms with Gasteiger partial charge in [0.1, 0.15) is 0 Å². The number of carbonyl (C=O) groups excluding carboxylic acids is 1. The molecule has 2 aromatic carbocycles. The lowest BCUT2D eigenvalue weighted by Crippen LogP contribution is -2.38. The van der Waals surface area contributed by atoms with Crippen molar-refractivity contribution in [3.8, 4) is 0 Å². The van der Waals surface area contributed by atoms with Crippen molar-refractivity contribution >= 4 is 17.3 Å². The largest absolute Gasteiger partial charge is 0.365 e. The molecule has 1 aliphatic rings. The summed E-state index contributed by atoms with van der Waals surface area (Å²) in [5.41, 5.74) is 5.95. The zero-order valence-corrected chi connectivity index (χ0v) is 13.5. The number of aryl methyl sites for hydroxylation is 1. The number of carbonyl (C=O) groups is 1. The molecule has 0 bridgehead atoms. The highest BCUT2D eigenvalue weighted by Gasteiger charge is 2.25. The number of fused-ring (bicyclic) bond motifs is 1. The van der Waals surface area contributed by atoms with E-state index in [-0.39, 0.29) is 5.91 Å². The topological polar surface area (TPSA) is 23.6 Å².